The molecule has 16 heavy (non-hydrogen) atoms. The Morgan fingerprint density at radius 3 is 2.56 bits per heavy atom. The van der Waals surface area contributed by atoms with Crippen molar-refractivity contribution in [3.63, 3.8) is 0 Å². The first-order valence-corrected chi connectivity index (χ1v) is 5.98. The third-order valence-corrected chi connectivity index (χ3v) is 2.97. The van der Waals surface area contributed by atoms with E-state index >= 15 is 0 Å². The summed E-state index contributed by atoms with van der Waals surface area (Å²) in [6.07, 6.45) is 2.36. The molecule has 0 heterocycles. The van der Waals surface area contributed by atoms with Crippen LogP contribution < -0.4 is 0 Å². The van der Waals surface area contributed by atoms with E-state index in [0.717, 1.165) is 12.1 Å². The predicted molar refractivity (Wildman–Crippen MR) is 60.5 cm³/mol. The first-order chi connectivity index (χ1) is 7.70. The van der Waals surface area contributed by atoms with Crippen LogP contribution in [0.2, 0.25) is 0 Å². The topological polar surface area (TPSA) is 3.24 Å². The van der Waals surface area contributed by atoms with E-state index in [9.17, 15) is 8.78 Å². The average Bonchev–Trinajstić information content (AvgIpc) is 3.06. The summed E-state index contributed by atoms with van der Waals surface area (Å²) in [5, 5.41) is 0. The highest BCUT2D eigenvalue weighted by Gasteiger charge is 2.28. The Labute approximate surface area is 99.0 Å². The fraction of sp³-hybridized carbons (Fsp3) is 0.500. The Balaban J connectivity index is 2.03. The van der Waals surface area contributed by atoms with E-state index in [2.05, 4.69) is 4.90 Å². The maximum Gasteiger partial charge on any atom is 0.159 e. The van der Waals surface area contributed by atoms with E-state index in [-0.39, 0.29) is 0 Å². The molecular formula is C12H14ClF2N. The van der Waals surface area contributed by atoms with Gasteiger partial charge in [0, 0.05) is 25.0 Å². The average molecular weight is 246 g/mol. The van der Waals surface area contributed by atoms with E-state index in [0.29, 0.717) is 18.5 Å². The van der Waals surface area contributed by atoms with Crippen LogP contribution in [-0.2, 0) is 6.54 Å². The standard InChI is InChI=1S/C12H14ClF2N/c13-5-6-16(10-2-3-10)8-9-1-4-11(14)12(15)7-9/h1,4,7,10H,2-3,5-6,8H2. The minimum atomic E-state index is -0.793. The van der Waals surface area contributed by atoms with E-state index in [1.54, 1.807) is 6.07 Å². The molecule has 88 valence electrons. The quantitative estimate of drug-likeness (QED) is 0.721. The summed E-state index contributed by atoms with van der Waals surface area (Å²) < 4.78 is 25.8. The van der Waals surface area contributed by atoms with Crippen molar-refractivity contribution >= 4 is 11.6 Å². The second kappa shape index (κ2) is 5.11. The molecule has 0 amide bonds. The molecule has 4 heteroatoms. The largest absolute Gasteiger partial charge is 0.295 e. The molecule has 0 bridgehead atoms. The van der Waals surface area contributed by atoms with Crippen molar-refractivity contribution in [2.45, 2.75) is 25.4 Å². The van der Waals surface area contributed by atoms with Crippen LogP contribution in [0.15, 0.2) is 18.2 Å². The van der Waals surface area contributed by atoms with E-state index < -0.39 is 11.6 Å². The van der Waals surface area contributed by atoms with Crippen molar-refractivity contribution < 1.29 is 8.78 Å². The van der Waals surface area contributed by atoms with Crippen LogP contribution in [0.1, 0.15) is 18.4 Å². The van der Waals surface area contributed by atoms with Gasteiger partial charge in [0.05, 0.1) is 0 Å². The smallest absolute Gasteiger partial charge is 0.159 e. The molecule has 0 N–H and O–H groups in total. The normalized spacial score (nSPS) is 15.8. The van der Waals surface area contributed by atoms with Gasteiger partial charge >= 0.3 is 0 Å². The third kappa shape index (κ3) is 2.92. The Morgan fingerprint density at radius 2 is 2.00 bits per heavy atom. The van der Waals surface area contributed by atoms with Gasteiger partial charge in [-0.25, -0.2) is 8.78 Å². The highest BCUT2D eigenvalue weighted by Crippen LogP contribution is 2.28. The lowest BCUT2D eigenvalue weighted by Crippen LogP contribution is -2.27. The van der Waals surface area contributed by atoms with Crippen LogP contribution in [0.25, 0.3) is 0 Å². The minimum Gasteiger partial charge on any atom is -0.295 e. The van der Waals surface area contributed by atoms with Crippen molar-refractivity contribution in [2.24, 2.45) is 0 Å². The van der Waals surface area contributed by atoms with Gasteiger partial charge in [0.2, 0.25) is 0 Å². The monoisotopic (exact) mass is 245 g/mol. The predicted octanol–water partition coefficient (Wildman–Crippen LogP) is 3.17. The number of nitrogens with zero attached hydrogens (tertiary/aromatic N) is 1. The van der Waals surface area contributed by atoms with E-state index in [4.69, 9.17) is 11.6 Å². The molecule has 1 aromatic rings. The van der Waals surface area contributed by atoms with Gasteiger partial charge in [-0.3, -0.25) is 4.90 Å². The lowest BCUT2D eigenvalue weighted by molar-refractivity contribution is 0.270. The molecule has 0 unspecified atom stereocenters. The van der Waals surface area contributed by atoms with Gasteiger partial charge in [-0.05, 0) is 30.5 Å². The summed E-state index contributed by atoms with van der Waals surface area (Å²) in [6, 6.07) is 4.64. The summed E-state index contributed by atoms with van der Waals surface area (Å²) in [6.45, 7) is 1.44. The lowest BCUT2D eigenvalue weighted by atomic mass is 10.2. The molecule has 1 nitrogen and oxygen atoms in total. The molecule has 1 aliphatic carbocycles. The van der Waals surface area contributed by atoms with Gasteiger partial charge in [0.1, 0.15) is 0 Å². The molecule has 0 aliphatic heterocycles. The van der Waals surface area contributed by atoms with Crippen LogP contribution in [0.3, 0.4) is 0 Å². The third-order valence-electron chi connectivity index (χ3n) is 2.80. The van der Waals surface area contributed by atoms with Gasteiger partial charge in [-0.2, -0.15) is 0 Å². The maximum atomic E-state index is 13.0. The summed E-state index contributed by atoms with van der Waals surface area (Å²) in [5.74, 6) is -1.00. The van der Waals surface area contributed by atoms with Gasteiger partial charge in [0.15, 0.2) is 11.6 Å². The van der Waals surface area contributed by atoms with Gasteiger partial charge in [-0.15, -0.1) is 11.6 Å². The molecule has 0 aromatic heterocycles. The molecule has 2 rings (SSSR count). The van der Waals surface area contributed by atoms with Crippen LogP contribution in [-0.4, -0.2) is 23.4 Å². The highest BCUT2D eigenvalue weighted by molar-refractivity contribution is 6.18. The van der Waals surface area contributed by atoms with Crippen LogP contribution in [0, 0.1) is 11.6 Å². The molecule has 0 atom stereocenters. The molecule has 0 spiro atoms. The van der Waals surface area contributed by atoms with Crippen LogP contribution in [0.4, 0.5) is 8.78 Å². The van der Waals surface area contributed by atoms with Crippen molar-refractivity contribution in [3.8, 4) is 0 Å². The van der Waals surface area contributed by atoms with Crippen molar-refractivity contribution in [1.29, 1.82) is 0 Å². The minimum absolute atomic E-state index is 0.570. The second-order valence-corrected chi connectivity index (χ2v) is 4.52. The molecular weight excluding hydrogens is 232 g/mol. The number of alkyl halides is 1. The fourth-order valence-electron chi connectivity index (χ4n) is 1.81. The zero-order chi connectivity index (χ0) is 11.5. The number of hydrogen-bond donors (Lipinski definition) is 0. The lowest BCUT2D eigenvalue weighted by Gasteiger charge is -2.20. The molecule has 0 saturated heterocycles. The summed E-state index contributed by atoms with van der Waals surface area (Å²) in [7, 11) is 0. The number of rotatable bonds is 5. The summed E-state index contributed by atoms with van der Waals surface area (Å²) in [5.41, 5.74) is 0.802. The number of benzene rings is 1. The zero-order valence-corrected chi connectivity index (χ0v) is 9.68. The van der Waals surface area contributed by atoms with Gasteiger partial charge < -0.3 is 0 Å². The molecule has 1 saturated carbocycles. The molecule has 1 fully saturated rings. The summed E-state index contributed by atoms with van der Waals surface area (Å²) >= 11 is 5.72. The van der Waals surface area contributed by atoms with E-state index in [1.165, 1.54) is 25.0 Å². The first kappa shape index (κ1) is 11.8. The number of hydrogen-bond acceptors (Lipinski definition) is 1. The van der Waals surface area contributed by atoms with Gasteiger partial charge in [-0.1, -0.05) is 6.07 Å². The Hall–Kier alpha value is -0.670. The van der Waals surface area contributed by atoms with Gasteiger partial charge in [0.25, 0.3) is 0 Å². The van der Waals surface area contributed by atoms with Crippen molar-refractivity contribution in [3.05, 3.63) is 35.4 Å². The molecule has 1 aliphatic rings. The fourth-order valence-corrected chi connectivity index (χ4v) is 2.03. The van der Waals surface area contributed by atoms with Crippen LogP contribution in [0.5, 0.6) is 0 Å². The zero-order valence-electron chi connectivity index (χ0n) is 8.93. The first-order valence-electron chi connectivity index (χ1n) is 5.44. The van der Waals surface area contributed by atoms with E-state index in [1.807, 2.05) is 0 Å². The number of halogens is 3. The SMILES string of the molecule is Fc1ccc(CN(CCCl)C2CC2)cc1F. The summed E-state index contributed by atoms with van der Waals surface area (Å²) in [4.78, 5) is 2.22. The highest BCUT2D eigenvalue weighted by atomic mass is 35.5. The van der Waals surface area contributed by atoms with Crippen molar-refractivity contribution in [2.75, 3.05) is 12.4 Å². The molecule has 1 aromatic carbocycles. The Morgan fingerprint density at radius 1 is 1.25 bits per heavy atom. The van der Waals surface area contributed by atoms with Crippen molar-refractivity contribution in [1.82, 2.24) is 4.90 Å². The Bertz CT molecular complexity index is 366. The maximum absolute atomic E-state index is 13.0. The molecule has 0 radical (unpaired) electrons. The van der Waals surface area contributed by atoms with Crippen LogP contribution >= 0.6 is 11.6 Å². The Kier molecular flexibility index (Phi) is 3.77. The second-order valence-electron chi connectivity index (χ2n) is 4.14.